The van der Waals surface area contributed by atoms with Gasteiger partial charge in [0.15, 0.2) is 0 Å². The van der Waals surface area contributed by atoms with Crippen molar-refractivity contribution in [2.75, 3.05) is 13.1 Å². The van der Waals surface area contributed by atoms with Gasteiger partial charge in [-0.15, -0.1) is 0 Å². The van der Waals surface area contributed by atoms with Crippen LogP contribution in [0.25, 0.3) is 0 Å². The van der Waals surface area contributed by atoms with Crippen molar-refractivity contribution >= 4 is 17.7 Å². The number of rotatable bonds is 2. The zero-order valence-corrected chi connectivity index (χ0v) is 13.3. The summed E-state index contributed by atoms with van der Waals surface area (Å²) in [5, 5.41) is 9.74. The van der Waals surface area contributed by atoms with Crippen molar-refractivity contribution in [3.8, 4) is 0 Å². The van der Waals surface area contributed by atoms with Gasteiger partial charge in [0.05, 0.1) is 0 Å². The second kappa shape index (κ2) is 5.95. The first kappa shape index (κ1) is 15.4. The number of pyridine rings is 1. The Balaban J connectivity index is 1.83. The minimum Gasteiger partial charge on any atom is -0.465 e. The first-order chi connectivity index (χ1) is 10.5. The molecule has 1 atom stereocenters. The predicted molar refractivity (Wildman–Crippen MR) is 84.3 cm³/mol. The molecular formula is C16H21ClN2O3. The van der Waals surface area contributed by atoms with Crippen LogP contribution in [0.2, 0.25) is 5.02 Å². The number of nitrogens with zero attached hydrogens (tertiary/aromatic N) is 2. The van der Waals surface area contributed by atoms with Gasteiger partial charge in [-0.1, -0.05) is 24.4 Å². The minimum atomic E-state index is -0.826. The van der Waals surface area contributed by atoms with Crippen molar-refractivity contribution in [1.29, 1.82) is 0 Å². The zero-order chi connectivity index (χ0) is 15.7. The Hall–Kier alpha value is -1.49. The smallest absolute Gasteiger partial charge is 0.407 e. The molecule has 0 aromatic carbocycles. The Morgan fingerprint density at radius 1 is 1.41 bits per heavy atom. The van der Waals surface area contributed by atoms with E-state index in [0.29, 0.717) is 30.6 Å². The normalized spacial score (nSPS) is 23.9. The molecule has 0 bridgehead atoms. The molecule has 2 fully saturated rings. The van der Waals surface area contributed by atoms with Crippen molar-refractivity contribution in [3.05, 3.63) is 33.7 Å². The second-order valence-electron chi connectivity index (χ2n) is 6.59. The van der Waals surface area contributed by atoms with Gasteiger partial charge < -0.3 is 14.6 Å². The molecule has 6 heteroatoms. The van der Waals surface area contributed by atoms with Crippen LogP contribution in [0.1, 0.15) is 32.1 Å². The van der Waals surface area contributed by atoms with E-state index >= 15 is 0 Å². The molecule has 1 aromatic rings. The quantitative estimate of drug-likeness (QED) is 0.909. The lowest BCUT2D eigenvalue weighted by atomic mass is 9.69. The van der Waals surface area contributed by atoms with Crippen LogP contribution >= 0.6 is 11.6 Å². The largest absolute Gasteiger partial charge is 0.465 e. The lowest BCUT2D eigenvalue weighted by Crippen LogP contribution is -2.50. The molecule has 1 unspecified atom stereocenters. The van der Waals surface area contributed by atoms with Crippen LogP contribution in [0.15, 0.2) is 23.1 Å². The first-order valence-electron chi connectivity index (χ1n) is 7.84. The summed E-state index contributed by atoms with van der Waals surface area (Å²) in [4.78, 5) is 24.9. The van der Waals surface area contributed by atoms with Gasteiger partial charge in [0, 0.05) is 36.9 Å². The summed E-state index contributed by atoms with van der Waals surface area (Å²) in [5.74, 6) is 0.351. The topological polar surface area (TPSA) is 62.5 Å². The molecule has 1 saturated heterocycles. The average Bonchev–Trinajstić information content (AvgIpc) is 2.92. The summed E-state index contributed by atoms with van der Waals surface area (Å²) in [6.07, 6.45) is 6.17. The van der Waals surface area contributed by atoms with Crippen molar-refractivity contribution in [2.24, 2.45) is 11.3 Å². The van der Waals surface area contributed by atoms with Crippen LogP contribution < -0.4 is 5.56 Å². The van der Waals surface area contributed by atoms with E-state index in [2.05, 4.69) is 0 Å². The van der Waals surface area contributed by atoms with Crippen LogP contribution in [-0.4, -0.2) is 33.8 Å². The molecular weight excluding hydrogens is 304 g/mol. The summed E-state index contributed by atoms with van der Waals surface area (Å²) < 4.78 is 1.72. The van der Waals surface area contributed by atoms with E-state index in [9.17, 15) is 14.7 Å². The van der Waals surface area contributed by atoms with E-state index in [1.807, 2.05) is 0 Å². The number of halogens is 1. The third-order valence-electron chi connectivity index (χ3n) is 5.36. The fraction of sp³-hybridized carbons (Fsp3) is 0.625. The monoisotopic (exact) mass is 324 g/mol. The molecule has 2 heterocycles. The molecule has 120 valence electrons. The molecule has 1 amide bonds. The Labute approximate surface area is 134 Å². The number of carboxylic acid groups (broad SMARTS) is 1. The van der Waals surface area contributed by atoms with Gasteiger partial charge in [0.25, 0.3) is 5.56 Å². The van der Waals surface area contributed by atoms with Crippen molar-refractivity contribution < 1.29 is 9.90 Å². The molecule has 5 nitrogen and oxygen atoms in total. The predicted octanol–water partition coefficient (Wildman–Crippen LogP) is 3.06. The summed E-state index contributed by atoms with van der Waals surface area (Å²) in [6.45, 7) is 1.82. The minimum absolute atomic E-state index is 0.0374. The number of hydrogen-bond donors (Lipinski definition) is 1. The van der Waals surface area contributed by atoms with Crippen LogP contribution in [0.5, 0.6) is 0 Å². The Kier molecular flexibility index (Phi) is 4.17. The van der Waals surface area contributed by atoms with Gasteiger partial charge >= 0.3 is 6.09 Å². The molecule has 1 N–H and O–H groups in total. The van der Waals surface area contributed by atoms with Crippen LogP contribution in [0, 0.1) is 11.3 Å². The summed E-state index contributed by atoms with van der Waals surface area (Å²) in [6, 6.07) is 3.17. The fourth-order valence-electron chi connectivity index (χ4n) is 4.17. The fourth-order valence-corrected chi connectivity index (χ4v) is 4.32. The van der Waals surface area contributed by atoms with Gasteiger partial charge in [-0.05, 0) is 36.7 Å². The van der Waals surface area contributed by atoms with Crippen molar-refractivity contribution in [1.82, 2.24) is 9.47 Å². The Bertz CT molecular complexity index is 622. The molecule has 2 aliphatic rings. The van der Waals surface area contributed by atoms with E-state index in [0.717, 1.165) is 32.1 Å². The first-order valence-corrected chi connectivity index (χ1v) is 8.22. The maximum atomic E-state index is 12.1. The highest BCUT2D eigenvalue weighted by atomic mass is 35.5. The lowest BCUT2D eigenvalue weighted by Gasteiger charge is -2.45. The van der Waals surface area contributed by atoms with E-state index in [-0.39, 0.29) is 11.0 Å². The highest BCUT2D eigenvalue weighted by molar-refractivity contribution is 6.30. The number of piperidine rings is 1. The van der Waals surface area contributed by atoms with E-state index in [4.69, 9.17) is 11.6 Å². The third-order valence-corrected chi connectivity index (χ3v) is 5.60. The average molecular weight is 325 g/mol. The SMILES string of the molecule is O=C(O)N1CCC(Cn2ccc(Cl)cc2=O)C2(CCCC2)C1. The van der Waals surface area contributed by atoms with Crippen molar-refractivity contribution in [3.63, 3.8) is 0 Å². The highest BCUT2D eigenvalue weighted by Gasteiger charge is 2.46. The summed E-state index contributed by atoms with van der Waals surface area (Å²) >= 11 is 5.85. The number of hydrogen-bond acceptors (Lipinski definition) is 2. The van der Waals surface area contributed by atoms with Gasteiger partial charge in [-0.2, -0.15) is 0 Å². The number of aromatic nitrogens is 1. The third kappa shape index (κ3) is 2.86. The zero-order valence-electron chi connectivity index (χ0n) is 12.5. The standard InChI is InChI=1S/C16H21ClN2O3/c17-13-4-8-18(14(20)9-13)10-12-3-7-19(15(21)22)11-16(12)5-1-2-6-16/h4,8-9,12H,1-3,5-7,10-11H2,(H,21,22). The maximum Gasteiger partial charge on any atom is 0.407 e. The van der Waals surface area contributed by atoms with E-state index < -0.39 is 6.09 Å². The molecule has 0 radical (unpaired) electrons. The summed E-state index contributed by atoms with van der Waals surface area (Å²) in [5.41, 5.74) is -0.0447. The molecule has 3 rings (SSSR count). The van der Waals surface area contributed by atoms with Crippen LogP contribution in [0.4, 0.5) is 4.79 Å². The van der Waals surface area contributed by atoms with Gasteiger partial charge in [0.1, 0.15) is 0 Å². The molecule has 22 heavy (non-hydrogen) atoms. The second-order valence-corrected chi connectivity index (χ2v) is 7.03. The molecule has 1 spiro atoms. The van der Waals surface area contributed by atoms with Crippen molar-refractivity contribution in [2.45, 2.75) is 38.6 Å². The van der Waals surface area contributed by atoms with Gasteiger partial charge in [0.2, 0.25) is 0 Å². The molecule has 1 aliphatic carbocycles. The van der Waals surface area contributed by atoms with E-state index in [1.54, 1.807) is 21.7 Å². The summed E-state index contributed by atoms with van der Waals surface area (Å²) in [7, 11) is 0. The number of amides is 1. The number of carbonyl (C=O) groups is 1. The number of likely N-dealkylation sites (tertiary alicyclic amines) is 1. The van der Waals surface area contributed by atoms with E-state index in [1.165, 1.54) is 6.07 Å². The van der Waals surface area contributed by atoms with Crippen LogP contribution in [-0.2, 0) is 6.54 Å². The Morgan fingerprint density at radius 3 is 2.77 bits per heavy atom. The Morgan fingerprint density at radius 2 is 2.14 bits per heavy atom. The lowest BCUT2D eigenvalue weighted by molar-refractivity contribution is 0.0253. The van der Waals surface area contributed by atoms with Gasteiger partial charge in [-0.25, -0.2) is 4.79 Å². The highest BCUT2D eigenvalue weighted by Crippen LogP contribution is 2.49. The molecule has 1 saturated carbocycles. The van der Waals surface area contributed by atoms with Crippen LogP contribution in [0.3, 0.4) is 0 Å². The van der Waals surface area contributed by atoms with Gasteiger partial charge in [-0.3, -0.25) is 4.79 Å². The maximum absolute atomic E-state index is 12.1. The molecule has 1 aromatic heterocycles. The molecule has 1 aliphatic heterocycles.